The van der Waals surface area contributed by atoms with Crippen molar-refractivity contribution in [3.8, 4) is 11.8 Å². The Morgan fingerprint density at radius 3 is 2.66 bits per heavy atom. The first-order valence-electron chi connectivity index (χ1n) is 9.40. The van der Waals surface area contributed by atoms with Gasteiger partial charge in [-0.15, -0.1) is 23.7 Å². The number of hydrogen-bond acceptors (Lipinski definition) is 5. The van der Waals surface area contributed by atoms with Crippen LogP contribution < -0.4 is 14.9 Å². The molecule has 3 aromatic rings. The van der Waals surface area contributed by atoms with Gasteiger partial charge in [0.15, 0.2) is 10.6 Å². The lowest BCUT2D eigenvalue weighted by Crippen LogP contribution is -2.19. The predicted molar refractivity (Wildman–Crippen MR) is 126 cm³/mol. The van der Waals surface area contributed by atoms with Crippen molar-refractivity contribution in [1.82, 2.24) is 4.57 Å². The third-order valence-corrected chi connectivity index (χ3v) is 5.50. The zero-order chi connectivity index (χ0) is 22.5. The summed E-state index contributed by atoms with van der Waals surface area (Å²) < 4.78 is 21.7. The number of rotatable bonds is 6. The first kappa shape index (κ1) is 25.4. The number of benzene rings is 2. The van der Waals surface area contributed by atoms with Gasteiger partial charge >= 0.3 is 0 Å². The Labute approximate surface area is 200 Å². The number of aromatic nitrogens is 1. The van der Waals surface area contributed by atoms with E-state index >= 15 is 0 Å². The van der Waals surface area contributed by atoms with E-state index < -0.39 is 5.82 Å². The predicted octanol–water partition coefficient (Wildman–Crippen LogP) is 5.37. The molecule has 0 aliphatic heterocycles. The number of hydrogen-bond donors (Lipinski definition) is 1. The highest BCUT2D eigenvalue weighted by Crippen LogP contribution is 2.32. The molecule has 0 aliphatic rings. The molecule has 0 bridgehead atoms. The molecule has 10 heteroatoms. The topological polar surface area (TPSA) is 79.4 Å². The number of halogens is 3. The van der Waals surface area contributed by atoms with Gasteiger partial charge in [0.05, 0.1) is 29.2 Å². The van der Waals surface area contributed by atoms with E-state index in [4.69, 9.17) is 21.6 Å². The van der Waals surface area contributed by atoms with Crippen molar-refractivity contribution in [3.63, 3.8) is 0 Å². The smallest absolute Gasteiger partial charge is 0.230 e. The van der Waals surface area contributed by atoms with Crippen molar-refractivity contribution < 1.29 is 13.9 Å². The zero-order valence-corrected chi connectivity index (χ0v) is 19.9. The highest BCUT2D eigenvalue weighted by Gasteiger charge is 2.13. The number of carbonyl (C=O) groups excluding carboxylic acids is 1. The van der Waals surface area contributed by atoms with Crippen molar-refractivity contribution in [2.45, 2.75) is 26.4 Å². The number of nitrogens with one attached hydrogen (secondary N) is 1. The first-order valence-corrected chi connectivity index (χ1v) is 10.7. The Morgan fingerprint density at radius 1 is 1.34 bits per heavy atom. The minimum absolute atomic E-state index is 0. The summed E-state index contributed by atoms with van der Waals surface area (Å²) in [6.07, 6.45) is 0.00253. The molecule has 0 saturated heterocycles. The molecular formula is C22H21Cl2FN4O2S. The van der Waals surface area contributed by atoms with Gasteiger partial charge in [-0.2, -0.15) is 5.26 Å². The fourth-order valence-corrected chi connectivity index (χ4v) is 3.82. The van der Waals surface area contributed by atoms with Gasteiger partial charge in [-0.05, 0) is 44.2 Å². The summed E-state index contributed by atoms with van der Waals surface area (Å²) >= 11 is 7.35. The van der Waals surface area contributed by atoms with Gasteiger partial charge in [0.2, 0.25) is 5.91 Å². The molecule has 1 N–H and O–H groups in total. The summed E-state index contributed by atoms with van der Waals surface area (Å²) in [6.45, 7) is 3.70. The molecule has 6 nitrogen and oxygen atoms in total. The summed E-state index contributed by atoms with van der Waals surface area (Å²) in [7, 11) is 1.76. The maximum atomic E-state index is 14.4. The summed E-state index contributed by atoms with van der Waals surface area (Å²) in [4.78, 5) is 17.3. The largest absolute Gasteiger partial charge is 0.489 e. The number of thiazole rings is 1. The van der Waals surface area contributed by atoms with Gasteiger partial charge in [0.1, 0.15) is 11.4 Å². The average Bonchev–Trinajstić information content (AvgIpc) is 3.05. The highest BCUT2D eigenvalue weighted by atomic mass is 35.5. The fourth-order valence-electron chi connectivity index (χ4n) is 2.71. The number of carbonyl (C=O) groups is 1. The van der Waals surface area contributed by atoms with E-state index in [2.05, 4.69) is 10.3 Å². The molecule has 1 heterocycles. The molecule has 0 radical (unpaired) electrons. The molecule has 0 saturated carbocycles. The Bertz CT molecular complexity index is 1210. The van der Waals surface area contributed by atoms with E-state index in [9.17, 15) is 9.18 Å². The molecular weight excluding hydrogens is 474 g/mol. The molecule has 0 atom stereocenters. The molecule has 1 amide bonds. The van der Waals surface area contributed by atoms with Crippen molar-refractivity contribution in [3.05, 3.63) is 68.7 Å². The lowest BCUT2D eigenvalue weighted by atomic mass is 10.2. The second-order valence-electron chi connectivity index (χ2n) is 7.00. The quantitative estimate of drug-likeness (QED) is 0.499. The minimum Gasteiger partial charge on any atom is -0.489 e. The van der Waals surface area contributed by atoms with Crippen LogP contribution in [0.15, 0.2) is 46.8 Å². The Morgan fingerprint density at radius 2 is 2.03 bits per heavy atom. The first-order chi connectivity index (χ1) is 14.8. The van der Waals surface area contributed by atoms with Crippen LogP contribution in [0, 0.1) is 17.1 Å². The van der Waals surface area contributed by atoms with E-state index in [0.717, 1.165) is 5.69 Å². The van der Waals surface area contributed by atoms with Gasteiger partial charge in [0.25, 0.3) is 0 Å². The summed E-state index contributed by atoms with van der Waals surface area (Å²) in [6, 6.07) is 11.3. The van der Waals surface area contributed by atoms with Crippen LogP contribution >= 0.6 is 35.3 Å². The molecule has 0 spiro atoms. The SMILES string of the molecule is CC(C)Oc1cc(/N=c2\scc(CC(=O)Nc3ccc(C#N)cc3)n2C)c(F)cc1Cl.Cl. The number of nitriles is 1. The van der Waals surface area contributed by atoms with Gasteiger partial charge < -0.3 is 14.6 Å². The van der Waals surface area contributed by atoms with Crippen LogP contribution in [0.1, 0.15) is 25.1 Å². The normalized spacial score (nSPS) is 11.1. The van der Waals surface area contributed by atoms with E-state index in [1.165, 1.54) is 23.5 Å². The molecule has 2 aromatic carbocycles. The summed E-state index contributed by atoms with van der Waals surface area (Å²) in [5.41, 5.74) is 1.95. The van der Waals surface area contributed by atoms with E-state index in [1.54, 1.807) is 41.3 Å². The molecule has 32 heavy (non-hydrogen) atoms. The van der Waals surface area contributed by atoms with Crippen molar-refractivity contribution in [1.29, 1.82) is 5.26 Å². The monoisotopic (exact) mass is 494 g/mol. The number of nitrogens with zero attached hydrogens (tertiary/aromatic N) is 3. The molecule has 0 fully saturated rings. The lowest BCUT2D eigenvalue weighted by molar-refractivity contribution is -0.115. The van der Waals surface area contributed by atoms with Crippen molar-refractivity contribution in [2.24, 2.45) is 12.0 Å². The zero-order valence-electron chi connectivity index (χ0n) is 17.6. The Hall–Kier alpha value is -2.86. The highest BCUT2D eigenvalue weighted by molar-refractivity contribution is 7.07. The van der Waals surface area contributed by atoms with Crippen LogP contribution in [-0.2, 0) is 18.3 Å². The van der Waals surface area contributed by atoms with Crippen LogP contribution in [0.5, 0.6) is 5.75 Å². The summed E-state index contributed by atoms with van der Waals surface area (Å²) in [5.74, 6) is -0.414. The van der Waals surface area contributed by atoms with Crippen LogP contribution in [0.25, 0.3) is 0 Å². The van der Waals surface area contributed by atoms with Crippen molar-refractivity contribution in [2.75, 3.05) is 5.32 Å². The standard InChI is InChI=1S/C22H20ClFN4O2S.ClH/c1-13(2)30-20-10-19(18(24)9-17(20)23)27-22-28(3)16(12-31-22)8-21(29)26-15-6-4-14(11-25)5-7-15;/h4-7,9-10,12-13H,8H2,1-3H3,(H,26,29);1H/b27-22-;. The van der Waals surface area contributed by atoms with Crippen LogP contribution in [0.3, 0.4) is 0 Å². The third-order valence-electron chi connectivity index (χ3n) is 4.24. The molecule has 1 aromatic heterocycles. The van der Waals surface area contributed by atoms with E-state index in [-0.39, 0.29) is 41.5 Å². The molecule has 3 rings (SSSR count). The maximum Gasteiger partial charge on any atom is 0.230 e. The number of ether oxygens (including phenoxy) is 1. The molecule has 0 unspecified atom stereocenters. The van der Waals surface area contributed by atoms with Crippen LogP contribution in [-0.4, -0.2) is 16.6 Å². The second kappa shape index (κ2) is 11.1. The van der Waals surface area contributed by atoms with Gasteiger partial charge in [-0.1, -0.05) is 11.6 Å². The Kier molecular flexibility index (Phi) is 8.84. The van der Waals surface area contributed by atoms with Crippen LogP contribution in [0.4, 0.5) is 15.8 Å². The van der Waals surface area contributed by atoms with Gasteiger partial charge in [-0.25, -0.2) is 9.38 Å². The molecule has 168 valence electrons. The third kappa shape index (κ3) is 6.33. The van der Waals surface area contributed by atoms with Gasteiger partial charge in [-0.3, -0.25) is 4.79 Å². The summed E-state index contributed by atoms with van der Waals surface area (Å²) in [5, 5.41) is 13.6. The fraction of sp³-hybridized carbons (Fsp3) is 0.227. The number of anilines is 1. The van der Waals surface area contributed by atoms with Crippen LogP contribution in [0.2, 0.25) is 5.02 Å². The average molecular weight is 495 g/mol. The number of amides is 1. The molecule has 0 aliphatic carbocycles. The second-order valence-corrected chi connectivity index (χ2v) is 8.24. The van der Waals surface area contributed by atoms with Gasteiger partial charge in [0, 0.05) is 29.9 Å². The maximum absolute atomic E-state index is 14.4. The van der Waals surface area contributed by atoms with E-state index in [1.807, 2.05) is 19.9 Å². The minimum atomic E-state index is -0.561. The van der Waals surface area contributed by atoms with E-state index in [0.29, 0.717) is 21.8 Å². The van der Waals surface area contributed by atoms with Crippen molar-refractivity contribution >= 4 is 52.6 Å². The lowest BCUT2D eigenvalue weighted by Gasteiger charge is -2.12. The Balaban J connectivity index is 0.00000363.